The van der Waals surface area contributed by atoms with Crippen LogP contribution >= 0.6 is 38.9 Å². The summed E-state index contributed by atoms with van der Waals surface area (Å²) in [5.74, 6) is 0.125. The minimum absolute atomic E-state index is 0.0886. The molecule has 0 amide bonds. The summed E-state index contributed by atoms with van der Waals surface area (Å²) in [6.07, 6.45) is 3.46. The van der Waals surface area contributed by atoms with Gasteiger partial charge in [-0.25, -0.2) is 9.79 Å². The molecule has 0 N–H and O–H groups in total. The normalized spacial score (nSPS) is 15.2. The summed E-state index contributed by atoms with van der Waals surface area (Å²) in [5, 5.41) is 0.548. The van der Waals surface area contributed by atoms with Crippen LogP contribution in [0.3, 0.4) is 0 Å². The van der Waals surface area contributed by atoms with Crippen LogP contribution < -0.4 is 19.6 Å². The Balaban J connectivity index is 1.82. The summed E-state index contributed by atoms with van der Waals surface area (Å²) in [6, 6.07) is 11.9. The number of nitrogens with zero attached hydrogens (tertiary/aromatic N) is 2. The van der Waals surface area contributed by atoms with Gasteiger partial charge in [0.1, 0.15) is 19.0 Å². The third-order valence-corrected chi connectivity index (χ3v) is 7.41. The molecular weight excluding hydrogens is 580 g/mol. The lowest BCUT2D eigenvalue weighted by Crippen LogP contribution is -2.40. The summed E-state index contributed by atoms with van der Waals surface area (Å²) in [4.78, 5) is 31.9. The molecule has 1 aromatic heterocycles. The summed E-state index contributed by atoms with van der Waals surface area (Å²) >= 11 is 10.9. The van der Waals surface area contributed by atoms with Crippen LogP contribution in [-0.4, -0.2) is 37.5 Å². The van der Waals surface area contributed by atoms with E-state index in [1.54, 1.807) is 43.3 Å². The Bertz CT molecular complexity index is 1540. The van der Waals surface area contributed by atoms with Crippen molar-refractivity contribution in [2.24, 2.45) is 4.99 Å². The smallest absolute Gasteiger partial charge is 0.338 e. The number of benzene rings is 2. The van der Waals surface area contributed by atoms with Crippen molar-refractivity contribution in [2.45, 2.75) is 13.0 Å². The predicted octanol–water partition coefficient (Wildman–Crippen LogP) is 4.41. The highest BCUT2D eigenvalue weighted by Gasteiger charge is 2.33. The summed E-state index contributed by atoms with van der Waals surface area (Å²) in [7, 11) is 1.53. The molecule has 192 valence electrons. The first-order chi connectivity index (χ1) is 17.8. The monoisotopic (exact) mass is 602 g/mol. The van der Waals surface area contributed by atoms with Gasteiger partial charge in [-0.3, -0.25) is 9.36 Å². The Kier molecular flexibility index (Phi) is 8.81. The quantitative estimate of drug-likeness (QED) is 0.206. The van der Waals surface area contributed by atoms with Gasteiger partial charge in [0, 0.05) is 12.1 Å². The van der Waals surface area contributed by atoms with Gasteiger partial charge in [0.15, 0.2) is 4.80 Å². The SMILES string of the molecule is C=CCOc1ccc(C=c2sc3n(c2=O)C(c2ccc(Cl)cc2)C(C(=O)OCCOC)=C(C)N=3)cc1Br. The van der Waals surface area contributed by atoms with Crippen LogP contribution in [0.5, 0.6) is 5.75 Å². The first-order valence-corrected chi connectivity index (χ1v) is 13.3. The van der Waals surface area contributed by atoms with Gasteiger partial charge in [0.2, 0.25) is 0 Å². The lowest BCUT2D eigenvalue weighted by atomic mass is 9.96. The standard InChI is InChI=1S/C27H24BrClN2O5S/c1-4-11-35-21-10-5-17(14-20(21)28)15-22-25(32)31-24(18-6-8-19(29)9-7-18)23(16(2)30-27(31)37-22)26(33)36-13-12-34-3/h4-10,14-15,24H,1,11-13H2,2-3H3. The highest BCUT2D eigenvalue weighted by atomic mass is 79.9. The molecule has 0 saturated carbocycles. The fourth-order valence-corrected chi connectivity index (χ4v) is 5.55. The lowest BCUT2D eigenvalue weighted by Gasteiger charge is -2.24. The van der Waals surface area contributed by atoms with E-state index in [-0.39, 0.29) is 18.8 Å². The van der Waals surface area contributed by atoms with E-state index < -0.39 is 12.0 Å². The molecule has 0 spiro atoms. The van der Waals surface area contributed by atoms with Gasteiger partial charge in [-0.1, -0.05) is 53.8 Å². The molecule has 2 heterocycles. The number of carbonyl (C=O) groups excluding carboxylic acids is 1. The Hall–Kier alpha value is -2.98. The number of halogens is 2. The maximum atomic E-state index is 13.7. The van der Waals surface area contributed by atoms with Gasteiger partial charge in [0.25, 0.3) is 5.56 Å². The third-order valence-electron chi connectivity index (χ3n) is 5.56. The Morgan fingerprint density at radius 3 is 2.68 bits per heavy atom. The highest BCUT2D eigenvalue weighted by molar-refractivity contribution is 9.10. The van der Waals surface area contributed by atoms with Crippen molar-refractivity contribution in [3.63, 3.8) is 0 Å². The van der Waals surface area contributed by atoms with Crippen molar-refractivity contribution in [1.29, 1.82) is 0 Å². The van der Waals surface area contributed by atoms with E-state index in [4.69, 9.17) is 25.8 Å². The van der Waals surface area contributed by atoms with E-state index in [0.29, 0.717) is 38.0 Å². The van der Waals surface area contributed by atoms with E-state index in [9.17, 15) is 9.59 Å². The first-order valence-electron chi connectivity index (χ1n) is 11.3. The third kappa shape index (κ3) is 5.96. The van der Waals surface area contributed by atoms with Crippen molar-refractivity contribution in [3.8, 4) is 5.75 Å². The van der Waals surface area contributed by atoms with Gasteiger partial charge < -0.3 is 14.2 Å². The maximum Gasteiger partial charge on any atom is 0.338 e. The molecule has 0 radical (unpaired) electrons. The minimum Gasteiger partial charge on any atom is -0.488 e. The van der Waals surface area contributed by atoms with Crippen LogP contribution in [-0.2, 0) is 14.3 Å². The number of hydrogen-bond donors (Lipinski definition) is 0. The summed E-state index contributed by atoms with van der Waals surface area (Å²) in [5.41, 5.74) is 2.05. The molecule has 0 bridgehead atoms. The van der Waals surface area contributed by atoms with Crippen LogP contribution in [0.1, 0.15) is 24.1 Å². The topological polar surface area (TPSA) is 79.1 Å². The largest absolute Gasteiger partial charge is 0.488 e. The molecule has 1 aliphatic rings. The Morgan fingerprint density at radius 1 is 1.24 bits per heavy atom. The number of methoxy groups -OCH3 is 1. The predicted molar refractivity (Wildman–Crippen MR) is 148 cm³/mol. The number of thiazole rings is 1. The maximum absolute atomic E-state index is 13.7. The highest BCUT2D eigenvalue weighted by Crippen LogP contribution is 2.31. The number of aromatic nitrogens is 1. The van der Waals surface area contributed by atoms with E-state index in [2.05, 4.69) is 27.5 Å². The molecular formula is C27H24BrClN2O5S. The van der Waals surface area contributed by atoms with Crippen LogP contribution in [0.15, 0.2) is 80.6 Å². The van der Waals surface area contributed by atoms with Crippen molar-refractivity contribution >= 4 is 50.9 Å². The van der Waals surface area contributed by atoms with Crippen LogP contribution in [0.2, 0.25) is 5.02 Å². The van der Waals surface area contributed by atoms with Gasteiger partial charge in [-0.15, -0.1) is 0 Å². The van der Waals surface area contributed by atoms with Crippen molar-refractivity contribution < 1.29 is 19.0 Å². The number of carbonyl (C=O) groups is 1. The minimum atomic E-state index is -0.716. The molecule has 1 unspecified atom stereocenters. The summed E-state index contributed by atoms with van der Waals surface area (Å²) < 4.78 is 18.8. The van der Waals surface area contributed by atoms with Gasteiger partial charge in [0.05, 0.1) is 32.9 Å². The first kappa shape index (κ1) is 27.1. The van der Waals surface area contributed by atoms with Crippen molar-refractivity contribution in [3.05, 3.63) is 107 Å². The molecule has 0 fully saturated rings. The molecule has 0 saturated heterocycles. The average Bonchev–Trinajstić information content (AvgIpc) is 3.17. The molecule has 7 nitrogen and oxygen atoms in total. The van der Waals surface area contributed by atoms with E-state index >= 15 is 0 Å². The average molecular weight is 604 g/mol. The number of ether oxygens (including phenoxy) is 3. The molecule has 2 aromatic carbocycles. The number of esters is 1. The van der Waals surface area contributed by atoms with Gasteiger partial charge in [-0.05, 0) is 64.3 Å². The van der Waals surface area contributed by atoms with Crippen LogP contribution in [0, 0.1) is 0 Å². The van der Waals surface area contributed by atoms with Crippen molar-refractivity contribution in [1.82, 2.24) is 4.57 Å². The molecule has 4 rings (SSSR count). The van der Waals surface area contributed by atoms with E-state index in [0.717, 1.165) is 15.6 Å². The fourth-order valence-electron chi connectivity index (χ4n) is 3.86. The lowest BCUT2D eigenvalue weighted by molar-refractivity contribution is -0.140. The Morgan fingerprint density at radius 2 is 2.00 bits per heavy atom. The molecule has 3 aromatic rings. The van der Waals surface area contributed by atoms with Gasteiger partial charge >= 0.3 is 5.97 Å². The second-order valence-electron chi connectivity index (χ2n) is 8.05. The molecule has 37 heavy (non-hydrogen) atoms. The van der Waals surface area contributed by atoms with Gasteiger partial charge in [-0.2, -0.15) is 0 Å². The number of hydrogen-bond acceptors (Lipinski definition) is 7. The van der Waals surface area contributed by atoms with E-state index in [1.165, 1.54) is 23.0 Å². The van der Waals surface area contributed by atoms with E-state index in [1.807, 2.05) is 18.2 Å². The van der Waals surface area contributed by atoms with Crippen LogP contribution in [0.25, 0.3) is 6.08 Å². The Labute approximate surface area is 231 Å². The molecule has 10 heteroatoms. The number of rotatable bonds is 9. The zero-order valence-corrected chi connectivity index (χ0v) is 23.4. The fraction of sp³-hybridized carbons (Fsp3) is 0.222. The zero-order valence-electron chi connectivity index (χ0n) is 20.2. The molecule has 0 aliphatic carbocycles. The zero-order chi connectivity index (χ0) is 26.5. The second-order valence-corrected chi connectivity index (χ2v) is 10.4. The number of allylic oxidation sites excluding steroid dienone is 1. The summed E-state index contributed by atoms with van der Waals surface area (Å²) in [6.45, 7) is 6.13. The second kappa shape index (κ2) is 12.0. The molecule has 1 aliphatic heterocycles. The molecule has 1 atom stereocenters. The van der Waals surface area contributed by atoms with Crippen LogP contribution in [0.4, 0.5) is 0 Å². The number of fused-ring (bicyclic) bond motifs is 1. The van der Waals surface area contributed by atoms with Crippen molar-refractivity contribution in [2.75, 3.05) is 26.9 Å².